The summed E-state index contributed by atoms with van der Waals surface area (Å²) in [5.74, 6) is -0.847. The highest BCUT2D eigenvalue weighted by molar-refractivity contribution is 14.1. The molecular weight excluding hydrogens is 495 g/mol. The molecule has 0 spiro atoms. The maximum atomic E-state index is 13.6. The number of esters is 1. The van der Waals surface area contributed by atoms with E-state index < -0.39 is 12.0 Å². The van der Waals surface area contributed by atoms with Crippen LogP contribution in [0.1, 0.15) is 49.2 Å². The van der Waals surface area contributed by atoms with E-state index in [4.69, 9.17) is 4.74 Å². The van der Waals surface area contributed by atoms with Gasteiger partial charge in [0.25, 0.3) is 5.91 Å². The minimum absolute atomic E-state index is 0.0161. The van der Waals surface area contributed by atoms with Gasteiger partial charge in [-0.1, -0.05) is 30.3 Å². The van der Waals surface area contributed by atoms with Gasteiger partial charge in [0.05, 0.1) is 30.3 Å². The summed E-state index contributed by atoms with van der Waals surface area (Å²) >= 11 is 2.16. The summed E-state index contributed by atoms with van der Waals surface area (Å²) in [6.07, 6.45) is -0.0161. The van der Waals surface area contributed by atoms with E-state index in [1.165, 1.54) is 4.90 Å². The van der Waals surface area contributed by atoms with E-state index in [0.717, 1.165) is 9.13 Å². The first-order valence-corrected chi connectivity index (χ1v) is 11.0. The lowest BCUT2D eigenvalue weighted by atomic mass is 10.0. The topological polar surface area (TPSA) is 66.9 Å². The standard InChI is InChI=1S/C23H25IN2O4/c1-4-30-22(28)13-20(16-8-6-5-7-9-16)25-14-21(27)26(15(2)3)19-11-10-17(24)12-18(19)23(25)29/h5-12,15,20H,4,13-14H2,1-3H3. The molecular formula is C23H25IN2O4. The molecule has 2 amide bonds. The van der Waals surface area contributed by atoms with E-state index in [2.05, 4.69) is 22.6 Å². The van der Waals surface area contributed by atoms with E-state index in [0.29, 0.717) is 11.3 Å². The van der Waals surface area contributed by atoms with Crippen molar-refractivity contribution in [3.8, 4) is 0 Å². The molecule has 1 aliphatic heterocycles. The first-order chi connectivity index (χ1) is 14.3. The number of halogens is 1. The van der Waals surface area contributed by atoms with Crippen LogP contribution in [-0.4, -0.2) is 41.9 Å². The Labute approximate surface area is 190 Å². The van der Waals surface area contributed by atoms with Gasteiger partial charge in [-0.15, -0.1) is 0 Å². The molecule has 1 atom stereocenters. The smallest absolute Gasteiger partial charge is 0.308 e. The van der Waals surface area contributed by atoms with Crippen molar-refractivity contribution in [3.63, 3.8) is 0 Å². The monoisotopic (exact) mass is 520 g/mol. The van der Waals surface area contributed by atoms with Crippen molar-refractivity contribution in [2.75, 3.05) is 18.1 Å². The number of amides is 2. The molecule has 7 heteroatoms. The molecule has 0 saturated carbocycles. The van der Waals surface area contributed by atoms with Gasteiger partial charge in [0.1, 0.15) is 6.54 Å². The first-order valence-electron chi connectivity index (χ1n) is 9.96. The zero-order chi connectivity index (χ0) is 21.8. The second-order valence-electron chi connectivity index (χ2n) is 7.39. The Bertz CT molecular complexity index is 945. The lowest BCUT2D eigenvalue weighted by Gasteiger charge is -2.31. The number of hydrogen-bond acceptors (Lipinski definition) is 4. The highest BCUT2D eigenvalue weighted by Gasteiger charge is 2.37. The van der Waals surface area contributed by atoms with Crippen LogP contribution in [0.25, 0.3) is 0 Å². The molecule has 0 aromatic heterocycles. The minimum Gasteiger partial charge on any atom is -0.466 e. The molecule has 0 bridgehead atoms. The highest BCUT2D eigenvalue weighted by Crippen LogP contribution is 2.34. The number of carbonyl (C=O) groups excluding carboxylic acids is 3. The van der Waals surface area contributed by atoms with Gasteiger partial charge in [0, 0.05) is 9.61 Å². The van der Waals surface area contributed by atoms with Crippen molar-refractivity contribution in [2.24, 2.45) is 0 Å². The SMILES string of the molecule is CCOC(=O)CC(c1ccccc1)N1CC(=O)N(C(C)C)c2ccc(I)cc2C1=O. The van der Waals surface area contributed by atoms with Crippen molar-refractivity contribution in [3.05, 3.63) is 63.2 Å². The number of fused-ring (bicyclic) bond motifs is 1. The van der Waals surface area contributed by atoms with Gasteiger partial charge in [-0.2, -0.15) is 0 Å². The molecule has 2 aromatic rings. The molecule has 1 unspecified atom stereocenters. The number of ether oxygens (including phenoxy) is 1. The predicted molar refractivity (Wildman–Crippen MR) is 123 cm³/mol. The second kappa shape index (κ2) is 9.59. The van der Waals surface area contributed by atoms with Gasteiger partial charge in [-0.3, -0.25) is 14.4 Å². The number of anilines is 1. The van der Waals surface area contributed by atoms with E-state index in [1.54, 1.807) is 17.9 Å². The highest BCUT2D eigenvalue weighted by atomic mass is 127. The molecule has 0 fully saturated rings. The first kappa shape index (κ1) is 22.3. The van der Waals surface area contributed by atoms with Gasteiger partial charge in [-0.05, 0) is 67.1 Å². The number of rotatable bonds is 6. The summed E-state index contributed by atoms with van der Waals surface area (Å²) in [6.45, 7) is 5.74. The molecule has 0 radical (unpaired) electrons. The molecule has 3 rings (SSSR count). The van der Waals surface area contributed by atoms with E-state index in [-0.39, 0.29) is 37.4 Å². The second-order valence-corrected chi connectivity index (χ2v) is 8.63. The van der Waals surface area contributed by atoms with Gasteiger partial charge in [0.15, 0.2) is 0 Å². The number of benzene rings is 2. The fraction of sp³-hybridized carbons (Fsp3) is 0.348. The molecule has 6 nitrogen and oxygen atoms in total. The summed E-state index contributed by atoms with van der Waals surface area (Å²) in [6, 6.07) is 14.1. The van der Waals surface area contributed by atoms with Crippen LogP contribution < -0.4 is 4.90 Å². The van der Waals surface area contributed by atoms with E-state index >= 15 is 0 Å². The van der Waals surface area contributed by atoms with Gasteiger partial charge in [0.2, 0.25) is 5.91 Å². The van der Waals surface area contributed by atoms with Crippen molar-refractivity contribution in [2.45, 2.75) is 39.3 Å². The zero-order valence-corrected chi connectivity index (χ0v) is 19.5. The minimum atomic E-state index is -0.598. The van der Waals surface area contributed by atoms with Crippen LogP contribution in [-0.2, 0) is 14.3 Å². The Balaban J connectivity index is 2.11. The quantitative estimate of drug-likeness (QED) is 0.424. The van der Waals surface area contributed by atoms with Crippen molar-refractivity contribution < 1.29 is 19.1 Å². The summed E-state index contributed by atoms with van der Waals surface area (Å²) in [4.78, 5) is 42.4. The fourth-order valence-electron chi connectivity index (χ4n) is 3.75. The van der Waals surface area contributed by atoms with Gasteiger partial charge >= 0.3 is 5.97 Å². The molecule has 0 saturated heterocycles. The number of nitrogens with zero attached hydrogens (tertiary/aromatic N) is 2. The lowest BCUT2D eigenvalue weighted by Crippen LogP contribution is -2.44. The molecule has 30 heavy (non-hydrogen) atoms. The van der Waals surface area contributed by atoms with Crippen molar-refractivity contribution in [1.82, 2.24) is 4.90 Å². The van der Waals surface area contributed by atoms with E-state index in [1.807, 2.05) is 56.3 Å². The normalized spacial score (nSPS) is 15.1. The Morgan fingerprint density at radius 3 is 2.47 bits per heavy atom. The van der Waals surface area contributed by atoms with Crippen LogP contribution >= 0.6 is 22.6 Å². The van der Waals surface area contributed by atoms with Gasteiger partial charge < -0.3 is 14.5 Å². The predicted octanol–water partition coefficient (Wildman–Crippen LogP) is 4.18. The Kier molecular flexibility index (Phi) is 7.12. The molecule has 1 aliphatic rings. The number of carbonyl (C=O) groups is 3. The fourth-order valence-corrected chi connectivity index (χ4v) is 4.24. The van der Waals surface area contributed by atoms with Crippen LogP contribution in [0.4, 0.5) is 5.69 Å². The molecule has 0 N–H and O–H groups in total. The third-order valence-corrected chi connectivity index (χ3v) is 5.70. The van der Waals surface area contributed by atoms with Crippen molar-refractivity contribution in [1.29, 1.82) is 0 Å². The molecule has 0 aliphatic carbocycles. The van der Waals surface area contributed by atoms with Gasteiger partial charge in [-0.25, -0.2) is 0 Å². The summed E-state index contributed by atoms with van der Waals surface area (Å²) in [7, 11) is 0. The Morgan fingerprint density at radius 2 is 1.83 bits per heavy atom. The average Bonchev–Trinajstić information content (AvgIpc) is 2.81. The van der Waals surface area contributed by atoms with Crippen LogP contribution in [0.2, 0.25) is 0 Å². The van der Waals surface area contributed by atoms with Crippen molar-refractivity contribution >= 4 is 46.1 Å². The Hall–Kier alpha value is -2.42. The van der Waals surface area contributed by atoms with E-state index in [9.17, 15) is 14.4 Å². The van der Waals surface area contributed by atoms with Crippen LogP contribution in [0.15, 0.2) is 48.5 Å². The van der Waals surface area contributed by atoms with Crippen LogP contribution in [0.3, 0.4) is 0 Å². The maximum absolute atomic E-state index is 13.6. The lowest BCUT2D eigenvalue weighted by molar-refractivity contribution is -0.144. The molecule has 158 valence electrons. The molecule has 2 aromatic carbocycles. The van der Waals surface area contributed by atoms with Crippen LogP contribution in [0, 0.1) is 3.57 Å². The largest absolute Gasteiger partial charge is 0.466 e. The summed E-state index contributed by atoms with van der Waals surface area (Å²) < 4.78 is 6.05. The molecule has 1 heterocycles. The summed E-state index contributed by atoms with van der Waals surface area (Å²) in [5, 5.41) is 0. The third kappa shape index (κ3) is 4.66. The Morgan fingerprint density at radius 1 is 1.13 bits per heavy atom. The zero-order valence-electron chi connectivity index (χ0n) is 17.3. The average molecular weight is 520 g/mol. The maximum Gasteiger partial charge on any atom is 0.308 e. The third-order valence-electron chi connectivity index (χ3n) is 5.03. The number of hydrogen-bond donors (Lipinski definition) is 0. The van der Waals surface area contributed by atoms with Crippen LogP contribution in [0.5, 0.6) is 0 Å². The summed E-state index contributed by atoms with van der Waals surface area (Å²) in [5.41, 5.74) is 1.86.